The summed E-state index contributed by atoms with van der Waals surface area (Å²) in [6.45, 7) is 9.05. The van der Waals surface area contributed by atoms with Crippen LogP contribution in [0.25, 0.3) is 22.3 Å². The Kier molecular flexibility index (Phi) is 5.67. The van der Waals surface area contributed by atoms with Crippen molar-refractivity contribution in [3.8, 4) is 11.3 Å². The van der Waals surface area contributed by atoms with Crippen molar-refractivity contribution in [3.05, 3.63) is 42.9 Å². The largest absolute Gasteiger partial charge is 0.444 e. The number of para-hydroxylation sites is 2. The summed E-state index contributed by atoms with van der Waals surface area (Å²) in [4.78, 5) is 23.2. The molecule has 0 atom stereocenters. The lowest BCUT2D eigenvalue weighted by molar-refractivity contribution is 0.0519. The average Bonchev–Trinajstić information content (AvgIpc) is 3.14. The molecule has 1 fully saturated rings. The van der Waals surface area contributed by atoms with Gasteiger partial charge in [-0.05, 0) is 45.9 Å². The van der Waals surface area contributed by atoms with E-state index in [1.165, 1.54) is 0 Å². The van der Waals surface area contributed by atoms with Crippen LogP contribution in [0.5, 0.6) is 0 Å². The Morgan fingerprint density at radius 1 is 1.20 bits per heavy atom. The Bertz CT molecular complexity index is 1020. The number of nitrogens with one attached hydrogen (secondary N) is 1. The molecule has 8 nitrogen and oxygen atoms in total. The van der Waals surface area contributed by atoms with E-state index in [9.17, 15) is 4.79 Å². The quantitative estimate of drug-likeness (QED) is 0.630. The first-order valence-electron chi connectivity index (χ1n) is 10.3. The second kappa shape index (κ2) is 8.39. The van der Waals surface area contributed by atoms with E-state index in [2.05, 4.69) is 20.3 Å². The first-order chi connectivity index (χ1) is 14.4. The monoisotopic (exact) mass is 408 g/mol. The zero-order valence-corrected chi connectivity index (χ0v) is 17.7. The van der Waals surface area contributed by atoms with E-state index in [0.29, 0.717) is 12.6 Å². The lowest BCUT2D eigenvalue weighted by Gasteiger charge is -2.39. The highest BCUT2D eigenvalue weighted by atomic mass is 16.6. The van der Waals surface area contributed by atoms with Gasteiger partial charge in [0.15, 0.2) is 0 Å². The van der Waals surface area contributed by atoms with Crippen LogP contribution in [0.2, 0.25) is 0 Å². The maximum Gasteiger partial charge on any atom is 0.407 e. The lowest BCUT2D eigenvalue weighted by Crippen LogP contribution is -2.48. The fraction of sp³-hybridized carbons (Fsp3) is 0.455. The van der Waals surface area contributed by atoms with E-state index in [1.807, 2.05) is 62.1 Å². The van der Waals surface area contributed by atoms with Crippen LogP contribution in [0.4, 0.5) is 4.79 Å². The van der Waals surface area contributed by atoms with Gasteiger partial charge in [0.2, 0.25) is 0 Å². The number of fused-ring (bicyclic) bond motifs is 1. The van der Waals surface area contributed by atoms with Gasteiger partial charge in [0.1, 0.15) is 5.60 Å². The van der Waals surface area contributed by atoms with E-state index in [4.69, 9.17) is 9.72 Å². The zero-order chi connectivity index (χ0) is 21.1. The average molecular weight is 409 g/mol. The third kappa shape index (κ3) is 4.94. The van der Waals surface area contributed by atoms with Gasteiger partial charge in [-0.15, -0.1) is 0 Å². The van der Waals surface area contributed by atoms with Gasteiger partial charge in [0.05, 0.1) is 35.2 Å². The fourth-order valence-electron chi connectivity index (χ4n) is 3.47. The van der Waals surface area contributed by atoms with E-state index < -0.39 is 5.60 Å². The van der Waals surface area contributed by atoms with Crippen LogP contribution in [0.3, 0.4) is 0 Å². The Hall–Kier alpha value is -3.00. The second-order valence-corrected chi connectivity index (χ2v) is 8.65. The summed E-state index contributed by atoms with van der Waals surface area (Å²) in [6.07, 6.45) is 6.24. The van der Waals surface area contributed by atoms with Gasteiger partial charge in [0.25, 0.3) is 0 Å². The summed E-state index contributed by atoms with van der Waals surface area (Å²) in [5.41, 5.74) is 3.13. The summed E-state index contributed by atoms with van der Waals surface area (Å²) >= 11 is 0. The maximum atomic E-state index is 11.6. The second-order valence-electron chi connectivity index (χ2n) is 8.65. The number of aromatic nitrogens is 4. The number of carbonyl (C=O) groups excluding carboxylic acids is 1. The van der Waals surface area contributed by atoms with Crippen LogP contribution in [0, 0.1) is 0 Å². The third-order valence-corrected chi connectivity index (χ3v) is 4.98. The first kappa shape index (κ1) is 20.3. The van der Waals surface area contributed by atoms with Gasteiger partial charge >= 0.3 is 6.09 Å². The van der Waals surface area contributed by atoms with Crippen LogP contribution in [0.1, 0.15) is 33.2 Å². The molecule has 2 aromatic heterocycles. The SMILES string of the molecule is CC(C)(C)OC(=O)NCCCN1CC(n2cc(-c3cnc4ccccc4n3)cn2)C1. The highest BCUT2D eigenvalue weighted by Gasteiger charge is 2.28. The highest BCUT2D eigenvalue weighted by molar-refractivity contribution is 5.76. The van der Waals surface area contributed by atoms with E-state index in [0.717, 1.165) is 48.3 Å². The summed E-state index contributed by atoms with van der Waals surface area (Å²) in [5, 5.41) is 7.33. The Morgan fingerprint density at radius 2 is 1.97 bits per heavy atom. The molecule has 1 aliphatic rings. The normalized spacial score (nSPS) is 15.2. The molecular weight excluding hydrogens is 380 g/mol. The van der Waals surface area contributed by atoms with Crippen molar-refractivity contribution in [3.63, 3.8) is 0 Å². The van der Waals surface area contributed by atoms with Crippen LogP contribution < -0.4 is 5.32 Å². The predicted molar refractivity (Wildman–Crippen MR) is 115 cm³/mol. The fourth-order valence-corrected chi connectivity index (χ4v) is 3.47. The van der Waals surface area contributed by atoms with Gasteiger partial charge in [-0.1, -0.05) is 12.1 Å². The molecule has 1 amide bonds. The number of carbonyl (C=O) groups is 1. The molecular formula is C22H28N6O2. The Morgan fingerprint density at radius 3 is 2.73 bits per heavy atom. The van der Waals surface area contributed by atoms with Gasteiger partial charge in [0, 0.05) is 31.4 Å². The number of hydrogen-bond donors (Lipinski definition) is 1. The molecule has 1 saturated heterocycles. The molecule has 30 heavy (non-hydrogen) atoms. The van der Waals surface area contributed by atoms with Crippen molar-refractivity contribution in [1.82, 2.24) is 30.0 Å². The number of ether oxygens (including phenoxy) is 1. The van der Waals surface area contributed by atoms with E-state index in [1.54, 1.807) is 6.20 Å². The number of benzene rings is 1. The van der Waals surface area contributed by atoms with E-state index in [-0.39, 0.29) is 6.09 Å². The maximum absolute atomic E-state index is 11.6. The van der Waals surface area contributed by atoms with Crippen LogP contribution in [-0.4, -0.2) is 62.5 Å². The summed E-state index contributed by atoms with van der Waals surface area (Å²) in [5.74, 6) is 0. The van der Waals surface area contributed by atoms with Crippen LogP contribution in [0.15, 0.2) is 42.9 Å². The summed E-state index contributed by atoms with van der Waals surface area (Å²) < 4.78 is 7.25. The minimum atomic E-state index is -0.462. The van der Waals surface area contributed by atoms with Crippen molar-refractivity contribution >= 4 is 17.1 Å². The number of alkyl carbamates (subject to hydrolysis) is 1. The van der Waals surface area contributed by atoms with Crippen molar-refractivity contribution in [2.24, 2.45) is 0 Å². The molecule has 1 N–H and O–H groups in total. The molecule has 0 spiro atoms. The molecule has 0 unspecified atom stereocenters. The highest BCUT2D eigenvalue weighted by Crippen LogP contribution is 2.24. The standard InChI is InChI=1S/C22H28N6O2/c1-22(2,3)30-21(29)23-9-6-10-27-14-17(15-27)28-13-16(11-25-28)20-12-24-18-7-4-5-8-19(18)26-20/h4-5,7-8,11-13,17H,6,9-10,14-15H2,1-3H3,(H,23,29). The van der Waals surface area contributed by atoms with Crippen molar-refractivity contribution in [2.45, 2.75) is 38.8 Å². The molecule has 1 aliphatic heterocycles. The Balaban J connectivity index is 1.23. The number of amides is 1. The van der Waals surface area contributed by atoms with Gasteiger partial charge < -0.3 is 10.1 Å². The van der Waals surface area contributed by atoms with Crippen LogP contribution in [-0.2, 0) is 4.74 Å². The first-order valence-corrected chi connectivity index (χ1v) is 10.3. The molecule has 8 heteroatoms. The van der Waals surface area contributed by atoms with Crippen molar-refractivity contribution in [2.75, 3.05) is 26.2 Å². The summed E-state index contributed by atoms with van der Waals surface area (Å²) in [6, 6.07) is 8.23. The molecule has 3 aromatic rings. The molecule has 158 valence electrons. The molecule has 0 bridgehead atoms. The topological polar surface area (TPSA) is 85.2 Å². The number of hydrogen-bond acceptors (Lipinski definition) is 6. The molecule has 0 radical (unpaired) electrons. The number of rotatable bonds is 6. The zero-order valence-electron chi connectivity index (χ0n) is 17.7. The lowest BCUT2D eigenvalue weighted by atomic mass is 10.1. The van der Waals surface area contributed by atoms with E-state index >= 15 is 0 Å². The molecule has 1 aromatic carbocycles. The van der Waals surface area contributed by atoms with Gasteiger partial charge in [-0.2, -0.15) is 5.10 Å². The number of nitrogens with zero attached hydrogens (tertiary/aromatic N) is 5. The third-order valence-electron chi connectivity index (χ3n) is 4.98. The molecule has 4 rings (SSSR count). The summed E-state index contributed by atoms with van der Waals surface area (Å²) in [7, 11) is 0. The van der Waals surface area contributed by atoms with Gasteiger partial charge in [-0.25, -0.2) is 9.78 Å². The molecule has 0 aliphatic carbocycles. The van der Waals surface area contributed by atoms with Gasteiger partial charge in [-0.3, -0.25) is 14.6 Å². The van der Waals surface area contributed by atoms with Crippen molar-refractivity contribution in [1.29, 1.82) is 0 Å². The molecule has 0 saturated carbocycles. The van der Waals surface area contributed by atoms with Crippen molar-refractivity contribution < 1.29 is 9.53 Å². The van der Waals surface area contributed by atoms with Crippen LogP contribution >= 0.6 is 0 Å². The smallest absolute Gasteiger partial charge is 0.407 e. The Labute approximate surface area is 176 Å². The molecule has 3 heterocycles. The predicted octanol–water partition coefficient (Wildman–Crippen LogP) is 3.26. The minimum Gasteiger partial charge on any atom is -0.444 e. The minimum absolute atomic E-state index is 0.357. The number of likely N-dealkylation sites (tertiary alicyclic amines) is 1.